The molecule has 0 spiro atoms. The van der Waals surface area contributed by atoms with E-state index in [1.54, 1.807) is 43.8 Å². The molecule has 0 amide bonds. The quantitative estimate of drug-likeness (QED) is 0.493. The Morgan fingerprint density at radius 1 is 1.22 bits per heavy atom. The summed E-state index contributed by atoms with van der Waals surface area (Å²) in [5.41, 5.74) is 2.59. The lowest BCUT2D eigenvalue weighted by molar-refractivity contribution is 0.0476. The predicted molar refractivity (Wildman–Crippen MR) is 101 cm³/mol. The molecule has 0 bridgehead atoms. The molecule has 7 nitrogen and oxygen atoms in total. The van der Waals surface area contributed by atoms with Crippen molar-refractivity contribution in [1.29, 1.82) is 0 Å². The normalized spacial score (nSPS) is 10.9. The summed E-state index contributed by atoms with van der Waals surface area (Å²) in [6, 6.07) is 6.28. The number of fused-ring (bicyclic) bond motifs is 1. The van der Waals surface area contributed by atoms with Gasteiger partial charge in [-0.3, -0.25) is 9.48 Å². The highest BCUT2D eigenvalue weighted by molar-refractivity contribution is 6.32. The van der Waals surface area contributed by atoms with Crippen molar-refractivity contribution in [2.45, 2.75) is 13.8 Å². The van der Waals surface area contributed by atoms with Crippen LogP contribution in [-0.2, 0) is 11.8 Å². The van der Waals surface area contributed by atoms with Gasteiger partial charge in [-0.2, -0.15) is 5.10 Å². The van der Waals surface area contributed by atoms with Gasteiger partial charge in [-0.25, -0.2) is 9.78 Å². The topological polar surface area (TPSA) is 83.3 Å². The number of methoxy groups -OCH3 is 1. The molecule has 0 N–H and O–H groups in total. The summed E-state index contributed by atoms with van der Waals surface area (Å²) in [4.78, 5) is 29.3. The highest BCUT2D eigenvalue weighted by atomic mass is 35.5. The second kappa shape index (κ2) is 7.36. The molecule has 2 aromatic heterocycles. The molecule has 8 heteroatoms. The fourth-order valence-corrected chi connectivity index (χ4v) is 3.12. The number of ketones is 1. The van der Waals surface area contributed by atoms with Crippen molar-refractivity contribution in [2.75, 3.05) is 13.7 Å². The molecule has 27 heavy (non-hydrogen) atoms. The fourth-order valence-electron chi connectivity index (χ4n) is 2.86. The Labute approximate surface area is 160 Å². The van der Waals surface area contributed by atoms with Crippen molar-refractivity contribution >= 4 is 34.4 Å². The molecular formula is C19H18ClN3O4. The molecule has 0 saturated heterocycles. The lowest BCUT2D eigenvalue weighted by Gasteiger charge is -2.08. The molecule has 0 atom stereocenters. The van der Waals surface area contributed by atoms with Gasteiger partial charge in [0, 0.05) is 18.3 Å². The molecule has 0 aliphatic rings. The van der Waals surface area contributed by atoms with E-state index < -0.39 is 12.6 Å². The maximum Gasteiger partial charge on any atom is 0.339 e. The predicted octanol–water partition coefficient (Wildman–Crippen LogP) is 3.29. The first-order chi connectivity index (χ1) is 12.8. The summed E-state index contributed by atoms with van der Waals surface area (Å²) in [5, 5.41) is 5.23. The first kappa shape index (κ1) is 18.8. The van der Waals surface area contributed by atoms with Crippen molar-refractivity contribution < 1.29 is 19.1 Å². The van der Waals surface area contributed by atoms with Crippen molar-refractivity contribution in [3.05, 3.63) is 51.8 Å². The maximum absolute atomic E-state index is 12.6. The standard InChI is InChI=1S/C19H18ClN3O4/c1-10-7-13(17-11(2)22-23(3)18(17)21-10)19(25)27-9-15(24)12-5-6-16(26-4)14(20)8-12/h5-8H,9H2,1-4H3. The minimum absolute atomic E-state index is 0.312. The van der Waals surface area contributed by atoms with E-state index in [1.165, 1.54) is 13.2 Å². The Morgan fingerprint density at radius 3 is 2.63 bits per heavy atom. The van der Waals surface area contributed by atoms with E-state index in [9.17, 15) is 9.59 Å². The molecule has 0 aliphatic heterocycles. The Hall–Kier alpha value is -2.93. The average Bonchev–Trinajstić information content (AvgIpc) is 2.92. The molecule has 3 rings (SSSR count). The van der Waals surface area contributed by atoms with Gasteiger partial charge in [-0.15, -0.1) is 0 Å². The molecule has 0 saturated carbocycles. The minimum Gasteiger partial charge on any atom is -0.495 e. The molecule has 140 valence electrons. The van der Waals surface area contributed by atoms with Gasteiger partial charge >= 0.3 is 5.97 Å². The number of esters is 1. The molecular weight excluding hydrogens is 370 g/mol. The van der Waals surface area contributed by atoms with Crippen LogP contribution in [0.3, 0.4) is 0 Å². The summed E-state index contributed by atoms with van der Waals surface area (Å²) in [6.45, 7) is 3.17. The number of hydrogen-bond acceptors (Lipinski definition) is 6. The summed E-state index contributed by atoms with van der Waals surface area (Å²) < 4.78 is 11.9. The fraction of sp³-hybridized carbons (Fsp3) is 0.263. The zero-order valence-electron chi connectivity index (χ0n) is 15.4. The number of benzene rings is 1. The zero-order valence-corrected chi connectivity index (χ0v) is 16.1. The van der Waals surface area contributed by atoms with Crippen molar-refractivity contribution in [2.24, 2.45) is 7.05 Å². The Bertz CT molecular complexity index is 1060. The van der Waals surface area contributed by atoms with Crippen molar-refractivity contribution in [3.63, 3.8) is 0 Å². The van der Waals surface area contributed by atoms with Gasteiger partial charge in [0.15, 0.2) is 18.0 Å². The van der Waals surface area contributed by atoms with Gasteiger partial charge in [0.25, 0.3) is 0 Å². The molecule has 1 aromatic carbocycles. The number of rotatable bonds is 5. The van der Waals surface area contributed by atoms with Gasteiger partial charge < -0.3 is 9.47 Å². The largest absolute Gasteiger partial charge is 0.495 e. The van der Waals surface area contributed by atoms with Gasteiger partial charge in [0.1, 0.15) is 5.75 Å². The van der Waals surface area contributed by atoms with Gasteiger partial charge in [0.05, 0.1) is 28.8 Å². The summed E-state index contributed by atoms with van der Waals surface area (Å²) >= 11 is 6.03. The minimum atomic E-state index is -0.602. The zero-order chi connectivity index (χ0) is 19.7. The van der Waals surface area contributed by atoms with E-state index in [-0.39, 0.29) is 5.78 Å². The number of aryl methyl sites for hydroxylation is 3. The SMILES string of the molecule is COc1ccc(C(=O)COC(=O)c2cc(C)nc3c2c(C)nn3C)cc1Cl. The van der Waals surface area contributed by atoms with E-state index in [2.05, 4.69) is 10.1 Å². The highest BCUT2D eigenvalue weighted by Crippen LogP contribution is 2.25. The molecule has 0 unspecified atom stereocenters. The van der Waals surface area contributed by atoms with Crippen LogP contribution in [0.5, 0.6) is 5.75 Å². The number of halogens is 1. The third-order valence-electron chi connectivity index (χ3n) is 4.12. The van der Waals surface area contributed by atoms with Gasteiger partial charge in [0.2, 0.25) is 0 Å². The number of ether oxygens (including phenoxy) is 2. The smallest absolute Gasteiger partial charge is 0.339 e. The van der Waals surface area contributed by atoms with Crippen LogP contribution < -0.4 is 4.74 Å². The van der Waals surface area contributed by atoms with Crippen LogP contribution in [-0.4, -0.2) is 40.2 Å². The maximum atomic E-state index is 12.6. The highest BCUT2D eigenvalue weighted by Gasteiger charge is 2.20. The Balaban J connectivity index is 1.81. The third kappa shape index (κ3) is 3.64. The van der Waals surface area contributed by atoms with Crippen LogP contribution in [0, 0.1) is 13.8 Å². The number of carbonyl (C=O) groups excluding carboxylic acids is 2. The molecule has 0 radical (unpaired) electrons. The average molecular weight is 388 g/mol. The van der Waals surface area contributed by atoms with Gasteiger partial charge in [-0.05, 0) is 38.1 Å². The molecule has 0 fully saturated rings. The van der Waals surface area contributed by atoms with Crippen molar-refractivity contribution in [1.82, 2.24) is 14.8 Å². The van der Waals surface area contributed by atoms with Crippen molar-refractivity contribution in [3.8, 4) is 5.75 Å². The Kier molecular flexibility index (Phi) is 5.14. The molecule has 3 aromatic rings. The van der Waals surface area contributed by atoms with E-state index in [0.29, 0.717) is 44.3 Å². The van der Waals surface area contributed by atoms with E-state index in [0.717, 1.165) is 0 Å². The summed E-state index contributed by atoms with van der Waals surface area (Å²) in [7, 11) is 3.25. The van der Waals surface area contributed by atoms with E-state index in [4.69, 9.17) is 21.1 Å². The lowest BCUT2D eigenvalue weighted by atomic mass is 10.1. The number of carbonyl (C=O) groups is 2. The van der Waals surface area contributed by atoms with Crippen LogP contribution in [0.4, 0.5) is 0 Å². The second-order valence-electron chi connectivity index (χ2n) is 6.07. The Morgan fingerprint density at radius 2 is 1.96 bits per heavy atom. The first-order valence-electron chi connectivity index (χ1n) is 8.16. The summed E-state index contributed by atoms with van der Waals surface area (Å²) in [5.74, 6) is -0.501. The molecule has 0 aliphatic carbocycles. The van der Waals surface area contributed by atoms with Crippen LogP contribution in [0.25, 0.3) is 11.0 Å². The van der Waals surface area contributed by atoms with Gasteiger partial charge in [-0.1, -0.05) is 11.6 Å². The second-order valence-corrected chi connectivity index (χ2v) is 6.47. The first-order valence-corrected chi connectivity index (χ1v) is 8.54. The summed E-state index contributed by atoms with van der Waals surface area (Å²) in [6.07, 6.45) is 0. The molecule has 2 heterocycles. The number of aromatic nitrogens is 3. The van der Waals surface area contributed by atoms with Crippen LogP contribution in [0.15, 0.2) is 24.3 Å². The lowest BCUT2D eigenvalue weighted by Crippen LogP contribution is -2.15. The number of pyridine rings is 1. The third-order valence-corrected chi connectivity index (χ3v) is 4.42. The van der Waals surface area contributed by atoms with Crippen LogP contribution >= 0.6 is 11.6 Å². The number of hydrogen-bond donors (Lipinski definition) is 0. The number of Topliss-reactive ketones (excluding diaryl/α,β-unsaturated/α-hetero) is 1. The van der Waals surface area contributed by atoms with E-state index >= 15 is 0 Å². The number of nitrogens with zero attached hydrogens (tertiary/aromatic N) is 3. The van der Waals surface area contributed by atoms with Crippen LogP contribution in [0.2, 0.25) is 5.02 Å². The van der Waals surface area contributed by atoms with E-state index in [1.807, 2.05) is 0 Å². The monoisotopic (exact) mass is 387 g/mol. The van der Waals surface area contributed by atoms with Crippen LogP contribution in [0.1, 0.15) is 32.1 Å².